The zero-order valence-electron chi connectivity index (χ0n) is 8.20. The van der Waals surface area contributed by atoms with E-state index in [0.717, 1.165) is 18.5 Å². The van der Waals surface area contributed by atoms with E-state index in [9.17, 15) is 12.8 Å². The number of aromatic nitrogens is 1. The molecular weight excluding hydrogens is 221 g/mol. The SMILES string of the molecule is CNCCNS(=O)(=O)c1cncc(F)c1. The van der Waals surface area contributed by atoms with E-state index >= 15 is 0 Å². The molecule has 0 unspecified atom stereocenters. The number of pyridine rings is 1. The van der Waals surface area contributed by atoms with Gasteiger partial charge in [0.25, 0.3) is 0 Å². The minimum Gasteiger partial charge on any atom is -0.318 e. The number of nitrogens with one attached hydrogen (secondary N) is 2. The third-order valence-corrected chi connectivity index (χ3v) is 3.09. The quantitative estimate of drug-likeness (QED) is 0.686. The van der Waals surface area contributed by atoms with Crippen molar-refractivity contribution in [3.8, 4) is 0 Å². The summed E-state index contributed by atoms with van der Waals surface area (Å²) in [7, 11) is -1.94. The Morgan fingerprint density at radius 1 is 1.40 bits per heavy atom. The lowest BCUT2D eigenvalue weighted by Crippen LogP contribution is -2.30. The number of nitrogens with zero attached hydrogens (tertiary/aromatic N) is 1. The predicted molar refractivity (Wildman–Crippen MR) is 53.3 cm³/mol. The molecule has 0 amide bonds. The highest BCUT2D eigenvalue weighted by Gasteiger charge is 2.13. The molecule has 0 radical (unpaired) electrons. The third-order valence-electron chi connectivity index (χ3n) is 1.66. The van der Waals surface area contributed by atoms with Gasteiger partial charge in [0.2, 0.25) is 10.0 Å². The fourth-order valence-corrected chi connectivity index (χ4v) is 1.94. The van der Waals surface area contributed by atoms with Crippen LogP contribution in [-0.2, 0) is 10.0 Å². The molecule has 1 aromatic rings. The third kappa shape index (κ3) is 3.54. The maximum absolute atomic E-state index is 12.7. The van der Waals surface area contributed by atoms with E-state index in [0.29, 0.717) is 6.54 Å². The van der Waals surface area contributed by atoms with Gasteiger partial charge in [-0.3, -0.25) is 4.98 Å². The molecule has 5 nitrogen and oxygen atoms in total. The largest absolute Gasteiger partial charge is 0.318 e. The van der Waals surface area contributed by atoms with Crippen LogP contribution in [-0.4, -0.2) is 33.5 Å². The Morgan fingerprint density at radius 3 is 2.73 bits per heavy atom. The molecule has 7 heteroatoms. The second-order valence-electron chi connectivity index (χ2n) is 2.84. The normalized spacial score (nSPS) is 11.6. The van der Waals surface area contributed by atoms with Gasteiger partial charge in [0.05, 0.1) is 6.20 Å². The van der Waals surface area contributed by atoms with Crippen LogP contribution < -0.4 is 10.0 Å². The van der Waals surface area contributed by atoms with E-state index < -0.39 is 15.8 Å². The van der Waals surface area contributed by atoms with Crippen LogP contribution in [0.4, 0.5) is 4.39 Å². The van der Waals surface area contributed by atoms with Crippen molar-refractivity contribution in [1.82, 2.24) is 15.0 Å². The van der Waals surface area contributed by atoms with Gasteiger partial charge in [0.15, 0.2) is 0 Å². The minimum atomic E-state index is -3.65. The minimum absolute atomic E-state index is 0.168. The van der Waals surface area contributed by atoms with Crippen molar-refractivity contribution in [3.63, 3.8) is 0 Å². The lowest BCUT2D eigenvalue weighted by molar-refractivity contribution is 0.574. The van der Waals surface area contributed by atoms with Crippen LogP contribution in [0.1, 0.15) is 0 Å². The number of likely N-dealkylation sites (N-methyl/N-ethyl adjacent to an activating group) is 1. The van der Waals surface area contributed by atoms with Crippen LogP contribution in [0.25, 0.3) is 0 Å². The summed E-state index contributed by atoms with van der Waals surface area (Å²) in [6, 6.07) is 0.925. The van der Waals surface area contributed by atoms with Crippen molar-refractivity contribution in [3.05, 3.63) is 24.3 Å². The highest BCUT2D eigenvalue weighted by Crippen LogP contribution is 2.07. The molecule has 1 heterocycles. The van der Waals surface area contributed by atoms with Crippen LogP contribution in [0.5, 0.6) is 0 Å². The first-order chi connectivity index (χ1) is 7.06. The number of hydrogen-bond acceptors (Lipinski definition) is 4. The smallest absolute Gasteiger partial charge is 0.242 e. The monoisotopic (exact) mass is 233 g/mol. The first kappa shape index (κ1) is 12.0. The number of rotatable bonds is 5. The maximum atomic E-state index is 12.7. The topological polar surface area (TPSA) is 71.1 Å². The zero-order valence-corrected chi connectivity index (χ0v) is 9.01. The highest BCUT2D eigenvalue weighted by atomic mass is 32.2. The Labute approximate surface area is 87.8 Å². The lowest BCUT2D eigenvalue weighted by Gasteiger charge is -2.05. The molecule has 84 valence electrons. The van der Waals surface area contributed by atoms with Crippen LogP contribution >= 0.6 is 0 Å². The average Bonchev–Trinajstić information content (AvgIpc) is 2.18. The van der Waals surface area contributed by atoms with Gasteiger partial charge in [0, 0.05) is 19.3 Å². The summed E-state index contributed by atoms with van der Waals surface area (Å²) in [5, 5.41) is 2.79. The Hall–Kier alpha value is -1.05. The summed E-state index contributed by atoms with van der Waals surface area (Å²) < 4.78 is 38.1. The molecule has 0 fully saturated rings. The molecule has 0 saturated carbocycles. The molecule has 1 aromatic heterocycles. The number of sulfonamides is 1. The van der Waals surface area contributed by atoms with Crippen LogP contribution in [0, 0.1) is 5.82 Å². The van der Waals surface area contributed by atoms with Gasteiger partial charge in [-0.25, -0.2) is 17.5 Å². The second-order valence-corrected chi connectivity index (χ2v) is 4.61. The highest BCUT2D eigenvalue weighted by molar-refractivity contribution is 7.89. The molecule has 0 aliphatic heterocycles. The fraction of sp³-hybridized carbons (Fsp3) is 0.375. The summed E-state index contributed by atoms with van der Waals surface area (Å²) in [6.45, 7) is 0.747. The summed E-state index contributed by atoms with van der Waals surface area (Å²) >= 11 is 0. The molecule has 2 N–H and O–H groups in total. The van der Waals surface area contributed by atoms with Crippen LogP contribution in [0.3, 0.4) is 0 Å². The van der Waals surface area contributed by atoms with E-state index in [1.165, 1.54) is 0 Å². The van der Waals surface area contributed by atoms with Crippen molar-refractivity contribution in [2.24, 2.45) is 0 Å². The van der Waals surface area contributed by atoms with Crippen molar-refractivity contribution in [1.29, 1.82) is 0 Å². The molecular formula is C8H12FN3O2S. The summed E-state index contributed by atoms with van der Waals surface area (Å²) in [5.41, 5.74) is 0. The summed E-state index contributed by atoms with van der Waals surface area (Å²) in [6.07, 6.45) is 2.05. The molecule has 0 bridgehead atoms. The summed E-state index contributed by atoms with van der Waals surface area (Å²) in [4.78, 5) is 3.30. The maximum Gasteiger partial charge on any atom is 0.242 e. The Morgan fingerprint density at radius 2 is 2.13 bits per heavy atom. The fourth-order valence-electron chi connectivity index (χ4n) is 0.933. The number of hydrogen-bond donors (Lipinski definition) is 2. The van der Waals surface area contributed by atoms with E-state index in [-0.39, 0.29) is 11.4 Å². The first-order valence-corrected chi connectivity index (χ1v) is 5.79. The Kier molecular flexibility index (Phi) is 4.13. The second kappa shape index (κ2) is 5.15. The van der Waals surface area contributed by atoms with Gasteiger partial charge in [-0.1, -0.05) is 0 Å². The van der Waals surface area contributed by atoms with Crippen molar-refractivity contribution in [2.45, 2.75) is 4.90 Å². The van der Waals surface area contributed by atoms with Gasteiger partial charge in [-0.05, 0) is 13.1 Å². The standard InChI is InChI=1S/C8H12FN3O2S/c1-10-2-3-12-15(13,14)8-4-7(9)5-11-6-8/h4-6,10,12H,2-3H2,1H3. The van der Waals surface area contributed by atoms with Gasteiger partial charge >= 0.3 is 0 Å². The Balaban J connectivity index is 2.77. The zero-order chi connectivity index (χ0) is 11.3. The molecule has 0 aliphatic carbocycles. The molecule has 0 aliphatic rings. The van der Waals surface area contributed by atoms with Gasteiger partial charge in [-0.15, -0.1) is 0 Å². The molecule has 15 heavy (non-hydrogen) atoms. The van der Waals surface area contributed by atoms with E-state index in [1.807, 2.05) is 0 Å². The summed E-state index contributed by atoms with van der Waals surface area (Å²) in [5.74, 6) is -0.675. The van der Waals surface area contributed by atoms with E-state index in [1.54, 1.807) is 7.05 Å². The van der Waals surface area contributed by atoms with Gasteiger partial charge < -0.3 is 5.32 Å². The molecule has 0 atom stereocenters. The lowest BCUT2D eigenvalue weighted by atomic mass is 10.5. The molecule has 0 spiro atoms. The van der Waals surface area contributed by atoms with Crippen LogP contribution in [0.15, 0.2) is 23.4 Å². The predicted octanol–water partition coefficient (Wildman–Crippen LogP) is -0.282. The van der Waals surface area contributed by atoms with Gasteiger partial charge in [0.1, 0.15) is 10.7 Å². The van der Waals surface area contributed by atoms with E-state index in [2.05, 4.69) is 15.0 Å². The van der Waals surface area contributed by atoms with Crippen LogP contribution in [0.2, 0.25) is 0 Å². The molecule has 0 aromatic carbocycles. The van der Waals surface area contributed by atoms with Crippen molar-refractivity contribution >= 4 is 10.0 Å². The first-order valence-electron chi connectivity index (χ1n) is 4.31. The molecule has 0 saturated heterocycles. The van der Waals surface area contributed by atoms with Crippen molar-refractivity contribution in [2.75, 3.05) is 20.1 Å². The Bertz CT molecular complexity index is 422. The van der Waals surface area contributed by atoms with Crippen molar-refractivity contribution < 1.29 is 12.8 Å². The average molecular weight is 233 g/mol. The van der Waals surface area contributed by atoms with E-state index in [4.69, 9.17) is 0 Å². The van der Waals surface area contributed by atoms with Gasteiger partial charge in [-0.2, -0.15) is 0 Å². The number of halogens is 1. The molecule has 1 rings (SSSR count).